The average molecular weight is 325 g/mol. The number of anilines is 1. The van der Waals surface area contributed by atoms with Crippen LogP contribution < -0.4 is 4.90 Å². The fourth-order valence-electron chi connectivity index (χ4n) is 2.96. The van der Waals surface area contributed by atoms with Crippen molar-refractivity contribution in [1.29, 1.82) is 0 Å². The highest BCUT2D eigenvalue weighted by molar-refractivity contribution is 5.87. The van der Waals surface area contributed by atoms with Gasteiger partial charge in [-0.3, -0.25) is 9.98 Å². The smallest absolute Gasteiger partial charge is 0.145 e. The van der Waals surface area contributed by atoms with E-state index in [9.17, 15) is 10.2 Å². The number of pyridine rings is 1. The molecule has 0 aliphatic carbocycles. The molecular formula is C19H23N3O2. The Labute approximate surface area is 142 Å². The maximum absolute atomic E-state index is 10.1. The number of aliphatic hydroxyl groups is 1. The molecule has 2 aromatic rings. The van der Waals surface area contributed by atoms with Gasteiger partial charge in [0.2, 0.25) is 0 Å². The van der Waals surface area contributed by atoms with Gasteiger partial charge in [0, 0.05) is 42.3 Å². The van der Waals surface area contributed by atoms with E-state index in [1.807, 2.05) is 12.1 Å². The molecule has 126 valence electrons. The average Bonchev–Trinajstić information content (AvgIpc) is 2.64. The van der Waals surface area contributed by atoms with Crippen LogP contribution in [0.2, 0.25) is 0 Å². The highest BCUT2D eigenvalue weighted by Gasteiger charge is 2.11. The Kier molecular flexibility index (Phi) is 5.11. The van der Waals surface area contributed by atoms with Gasteiger partial charge in [-0.15, -0.1) is 0 Å². The monoisotopic (exact) mass is 325 g/mol. The molecule has 3 rings (SSSR count). The molecule has 2 heterocycles. The van der Waals surface area contributed by atoms with Crippen molar-refractivity contribution < 1.29 is 10.2 Å². The normalized spacial score (nSPS) is 15.2. The second-order valence-electron chi connectivity index (χ2n) is 6.11. The first-order valence-electron chi connectivity index (χ1n) is 8.36. The third-order valence-corrected chi connectivity index (χ3v) is 4.44. The molecule has 1 aromatic carbocycles. The molecule has 1 saturated heterocycles. The third kappa shape index (κ3) is 3.57. The zero-order valence-electron chi connectivity index (χ0n) is 13.9. The molecule has 5 heteroatoms. The fourth-order valence-corrected chi connectivity index (χ4v) is 2.96. The van der Waals surface area contributed by atoms with Crippen molar-refractivity contribution in [3.63, 3.8) is 0 Å². The molecular weight excluding hydrogens is 302 g/mol. The molecule has 1 aliphatic heterocycles. The maximum Gasteiger partial charge on any atom is 0.145 e. The molecule has 0 saturated carbocycles. The SMILES string of the molecule is Cc1ncc(CO)c(C=Nc2ccc(N3CCCCC3)cc2)c1O. The van der Waals surface area contributed by atoms with E-state index in [0.717, 1.165) is 18.8 Å². The summed E-state index contributed by atoms with van der Waals surface area (Å²) in [7, 11) is 0. The van der Waals surface area contributed by atoms with Crippen molar-refractivity contribution in [3.05, 3.63) is 47.3 Å². The lowest BCUT2D eigenvalue weighted by molar-refractivity contribution is 0.280. The molecule has 0 amide bonds. The minimum absolute atomic E-state index is 0.0650. The lowest BCUT2D eigenvalue weighted by Crippen LogP contribution is -2.29. The standard InChI is InChI=1S/C19H23N3O2/c1-14-19(24)18(15(13-23)11-20-14)12-21-16-5-7-17(8-6-16)22-9-3-2-4-10-22/h5-8,11-12,23-24H,2-4,9-10,13H2,1H3. The van der Waals surface area contributed by atoms with Gasteiger partial charge in [0.25, 0.3) is 0 Å². The van der Waals surface area contributed by atoms with E-state index in [1.54, 1.807) is 19.3 Å². The Morgan fingerprint density at radius 1 is 1.17 bits per heavy atom. The van der Waals surface area contributed by atoms with E-state index in [2.05, 4.69) is 27.0 Å². The van der Waals surface area contributed by atoms with Gasteiger partial charge in [-0.05, 0) is 50.5 Å². The second-order valence-corrected chi connectivity index (χ2v) is 6.11. The lowest BCUT2D eigenvalue weighted by Gasteiger charge is -2.28. The third-order valence-electron chi connectivity index (χ3n) is 4.44. The molecule has 2 N–H and O–H groups in total. The summed E-state index contributed by atoms with van der Waals surface area (Å²) >= 11 is 0. The first-order chi connectivity index (χ1) is 11.7. The predicted molar refractivity (Wildman–Crippen MR) is 96.3 cm³/mol. The molecule has 1 fully saturated rings. The zero-order valence-corrected chi connectivity index (χ0v) is 13.9. The van der Waals surface area contributed by atoms with E-state index in [0.29, 0.717) is 16.8 Å². The lowest BCUT2D eigenvalue weighted by atomic mass is 10.1. The van der Waals surface area contributed by atoms with Crippen molar-refractivity contribution in [2.45, 2.75) is 32.8 Å². The van der Waals surface area contributed by atoms with E-state index in [-0.39, 0.29) is 12.4 Å². The van der Waals surface area contributed by atoms with Crippen LogP contribution in [-0.4, -0.2) is 34.5 Å². The van der Waals surface area contributed by atoms with Crippen molar-refractivity contribution >= 4 is 17.6 Å². The summed E-state index contributed by atoms with van der Waals surface area (Å²) in [5, 5.41) is 19.5. The fraction of sp³-hybridized carbons (Fsp3) is 0.368. The number of rotatable bonds is 4. The molecule has 5 nitrogen and oxygen atoms in total. The summed E-state index contributed by atoms with van der Waals surface area (Å²) in [4.78, 5) is 10.9. The van der Waals surface area contributed by atoms with Crippen LogP contribution in [0.15, 0.2) is 35.5 Å². The summed E-state index contributed by atoms with van der Waals surface area (Å²) in [6.07, 6.45) is 6.98. The molecule has 0 bridgehead atoms. The molecule has 0 radical (unpaired) electrons. The number of hydrogen-bond acceptors (Lipinski definition) is 5. The largest absolute Gasteiger partial charge is 0.505 e. The summed E-state index contributed by atoms with van der Waals surface area (Å²) in [6, 6.07) is 8.12. The Morgan fingerprint density at radius 3 is 2.54 bits per heavy atom. The van der Waals surface area contributed by atoms with E-state index in [4.69, 9.17) is 0 Å². The molecule has 1 aromatic heterocycles. The first-order valence-corrected chi connectivity index (χ1v) is 8.36. The van der Waals surface area contributed by atoms with Crippen LogP contribution in [0.25, 0.3) is 0 Å². The van der Waals surface area contributed by atoms with Gasteiger partial charge in [-0.1, -0.05) is 0 Å². The number of aliphatic imine (C=N–C) groups is 1. The van der Waals surface area contributed by atoms with Crippen molar-refractivity contribution in [2.75, 3.05) is 18.0 Å². The van der Waals surface area contributed by atoms with Crippen LogP contribution >= 0.6 is 0 Å². The van der Waals surface area contributed by atoms with Gasteiger partial charge in [-0.25, -0.2) is 0 Å². The highest BCUT2D eigenvalue weighted by Crippen LogP contribution is 2.25. The van der Waals surface area contributed by atoms with Crippen LogP contribution in [0.4, 0.5) is 11.4 Å². The Bertz CT molecular complexity index is 720. The Morgan fingerprint density at radius 2 is 1.88 bits per heavy atom. The van der Waals surface area contributed by atoms with Crippen LogP contribution in [0.5, 0.6) is 5.75 Å². The minimum atomic E-state index is -0.184. The molecule has 1 aliphatic rings. The van der Waals surface area contributed by atoms with E-state index >= 15 is 0 Å². The van der Waals surface area contributed by atoms with Gasteiger partial charge in [0.05, 0.1) is 18.0 Å². The number of hydrogen-bond donors (Lipinski definition) is 2. The molecule has 24 heavy (non-hydrogen) atoms. The zero-order chi connectivity index (χ0) is 16.9. The summed E-state index contributed by atoms with van der Waals surface area (Å²) in [5.41, 5.74) is 3.65. The van der Waals surface area contributed by atoms with Crippen LogP contribution in [0, 0.1) is 6.92 Å². The number of aromatic hydroxyl groups is 1. The van der Waals surface area contributed by atoms with Crippen molar-refractivity contribution in [2.24, 2.45) is 4.99 Å². The van der Waals surface area contributed by atoms with Gasteiger partial charge in [0.1, 0.15) is 5.75 Å². The molecule has 0 unspecified atom stereocenters. The minimum Gasteiger partial charge on any atom is -0.505 e. The van der Waals surface area contributed by atoms with Crippen LogP contribution in [0.3, 0.4) is 0 Å². The topological polar surface area (TPSA) is 69.0 Å². The molecule has 0 atom stereocenters. The van der Waals surface area contributed by atoms with Crippen molar-refractivity contribution in [3.8, 4) is 5.75 Å². The van der Waals surface area contributed by atoms with Gasteiger partial charge >= 0.3 is 0 Å². The number of aliphatic hydroxyl groups excluding tert-OH is 1. The summed E-state index contributed by atoms with van der Waals surface area (Å²) in [6.45, 7) is 3.77. The van der Waals surface area contributed by atoms with Crippen LogP contribution in [0.1, 0.15) is 36.1 Å². The summed E-state index contributed by atoms with van der Waals surface area (Å²) < 4.78 is 0. The maximum atomic E-state index is 10.1. The Hall–Kier alpha value is -2.40. The first kappa shape index (κ1) is 16.5. The number of aryl methyl sites for hydroxylation is 1. The highest BCUT2D eigenvalue weighted by atomic mass is 16.3. The number of aromatic nitrogens is 1. The van der Waals surface area contributed by atoms with E-state index in [1.165, 1.54) is 24.9 Å². The van der Waals surface area contributed by atoms with E-state index < -0.39 is 0 Å². The number of piperidine rings is 1. The summed E-state index contributed by atoms with van der Waals surface area (Å²) in [5.74, 6) is 0.0650. The van der Waals surface area contributed by atoms with Gasteiger partial charge in [0.15, 0.2) is 0 Å². The van der Waals surface area contributed by atoms with Crippen LogP contribution in [-0.2, 0) is 6.61 Å². The number of nitrogens with zero attached hydrogens (tertiary/aromatic N) is 3. The van der Waals surface area contributed by atoms with Crippen molar-refractivity contribution in [1.82, 2.24) is 4.98 Å². The number of benzene rings is 1. The van der Waals surface area contributed by atoms with Gasteiger partial charge < -0.3 is 15.1 Å². The second kappa shape index (κ2) is 7.45. The Balaban J connectivity index is 1.79. The predicted octanol–water partition coefficient (Wildman–Crippen LogP) is 3.33. The quantitative estimate of drug-likeness (QED) is 0.846. The van der Waals surface area contributed by atoms with Gasteiger partial charge in [-0.2, -0.15) is 0 Å². The molecule has 0 spiro atoms.